The molecule has 3 aromatic rings. The van der Waals surface area contributed by atoms with E-state index in [0.29, 0.717) is 13.2 Å². The lowest BCUT2D eigenvalue weighted by Gasteiger charge is -2.24. The van der Waals surface area contributed by atoms with E-state index in [0.717, 1.165) is 17.0 Å². The van der Waals surface area contributed by atoms with Gasteiger partial charge in [-0.3, -0.25) is 0 Å². The Hall–Kier alpha value is -2.46. The molecule has 21 heavy (non-hydrogen) atoms. The third-order valence-electron chi connectivity index (χ3n) is 3.83. The molecule has 0 aliphatic carbocycles. The van der Waals surface area contributed by atoms with E-state index in [2.05, 4.69) is 34.6 Å². The van der Waals surface area contributed by atoms with Gasteiger partial charge in [-0.05, 0) is 5.56 Å². The first kappa shape index (κ1) is 12.3. The molecule has 0 saturated heterocycles. The summed E-state index contributed by atoms with van der Waals surface area (Å²) in [7, 11) is 0. The van der Waals surface area contributed by atoms with Gasteiger partial charge in [-0.1, -0.05) is 65.9 Å². The highest BCUT2D eigenvalue weighted by Crippen LogP contribution is 2.30. The summed E-state index contributed by atoms with van der Waals surface area (Å²) >= 11 is 0. The van der Waals surface area contributed by atoms with E-state index in [1.165, 1.54) is 5.56 Å². The van der Waals surface area contributed by atoms with Gasteiger partial charge in [0.15, 0.2) is 0 Å². The molecule has 0 fully saturated rings. The Labute approximate surface area is 123 Å². The van der Waals surface area contributed by atoms with Gasteiger partial charge in [0, 0.05) is 5.56 Å². The highest BCUT2D eigenvalue weighted by Gasteiger charge is 2.26. The van der Waals surface area contributed by atoms with Gasteiger partial charge in [-0.25, -0.2) is 4.68 Å². The third kappa shape index (κ3) is 2.14. The number of benzene rings is 2. The van der Waals surface area contributed by atoms with Crippen molar-refractivity contribution in [1.29, 1.82) is 0 Å². The third-order valence-corrected chi connectivity index (χ3v) is 3.83. The lowest BCUT2D eigenvalue weighted by Crippen LogP contribution is -2.25. The Bertz CT molecular complexity index is 737. The van der Waals surface area contributed by atoms with Crippen molar-refractivity contribution in [3.05, 3.63) is 71.9 Å². The maximum absolute atomic E-state index is 5.78. The van der Waals surface area contributed by atoms with E-state index in [1.807, 2.05) is 41.1 Å². The molecule has 0 saturated carbocycles. The first-order valence-corrected chi connectivity index (χ1v) is 7.05. The molecule has 1 unspecified atom stereocenters. The van der Waals surface area contributed by atoms with E-state index in [4.69, 9.17) is 4.74 Å². The summed E-state index contributed by atoms with van der Waals surface area (Å²) < 4.78 is 7.78. The van der Waals surface area contributed by atoms with E-state index in [-0.39, 0.29) is 6.04 Å². The van der Waals surface area contributed by atoms with Gasteiger partial charge in [-0.15, -0.1) is 5.10 Å². The Morgan fingerprint density at radius 1 is 0.952 bits per heavy atom. The summed E-state index contributed by atoms with van der Waals surface area (Å²) in [5, 5.41) is 8.75. The quantitative estimate of drug-likeness (QED) is 0.722. The standard InChI is InChI=1S/C17H15N3O/c1-3-7-13(8-4-1)15-11-21-12-16-17(18-19-20(15)16)14-9-5-2-6-10-14/h1-10,15H,11-12H2. The summed E-state index contributed by atoms with van der Waals surface area (Å²) in [6, 6.07) is 20.5. The molecule has 0 N–H and O–H groups in total. The molecular weight excluding hydrogens is 262 g/mol. The fourth-order valence-corrected chi connectivity index (χ4v) is 2.77. The SMILES string of the molecule is c1ccc(-c2nnn3c2COCC3c2ccccc2)cc1. The van der Waals surface area contributed by atoms with Crippen molar-refractivity contribution >= 4 is 0 Å². The molecule has 104 valence electrons. The minimum absolute atomic E-state index is 0.0971. The smallest absolute Gasteiger partial charge is 0.118 e. The van der Waals surface area contributed by atoms with Gasteiger partial charge >= 0.3 is 0 Å². The van der Waals surface area contributed by atoms with E-state index in [1.54, 1.807) is 0 Å². The number of nitrogens with zero attached hydrogens (tertiary/aromatic N) is 3. The number of hydrogen-bond donors (Lipinski definition) is 0. The minimum atomic E-state index is 0.0971. The largest absolute Gasteiger partial charge is 0.372 e. The maximum atomic E-state index is 5.78. The molecule has 1 aliphatic heterocycles. The molecule has 4 rings (SSSR count). The predicted octanol–water partition coefficient (Wildman–Crippen LogP) is 3.06. The first-order valence-electron chi connectivity index (χ1n) is 7.05. The topological polar surface area (TPSA) is 39.9 Å². The molecule has 0 bridgehead atoms. The molecular formula is C17H15N3O. The summed E-state index contributed by atoms with van der Waals surface area (Å²) in [6.45, 7) is 1.19. The fraction of sp³-hybridized carbons (Fsp3) is 0.176. The van der Waals surface area contributed by atoms with Crippen LogP contribution in [0.2, 0.25) is 0 Å². The van der Waals surface area contributed by atoms with Crippen LogP contribution in [-0.2, 0) is 11.3 Å². The van der Waals surface area contributed by atoms with Crippen LogP contribution in [0.4, 0.5) is 0 Å². The van der Waals surface area contributed by atoms with Crippen molar-refractivity contribution in [3.63, 3.8) is 0 Å². The van der Waals surface area contributed by atoms with Crippen LogP contribution in [0.25, 0.3) is 11.3 Å². The number of aromatic nitrogens is 3. The van der Waals surface area contributed by atoms with Gasteiger partial charge in [-0.2, -0.15) is 0 Å². The second kappa shape index (κ2) is 5.14. The lowest BCUT2D eigenvalue weighted by atomic mass is 10.1. The van der Waals surface area contributed by atoms with Gasteiger partial charge < -0.3 is 4.74 Å². The number of fused-ring (bicyclic) bond motifs is 1. The minimum Gasteiger partial charge on any atom is -0.372 e. The summed E-state index contributed by atoms with van der Waals surface area (Å²) in [6.07, 6.45) is 0. The molecule has 2 heterocycles. The van der Waals surface area contributed by atoms with Crippen molar-refractivity contribution in [1.82, 2.24) is 15.0 Å². The molecule has 4 heteroatoms. The second-order valence-corrected chi connectivity index (χ2v) is 5.14. The van der Waals surface area contributed by atoms with Crippen LogP contribution < -0.4 is 0 Å². The number of hydrogen-bond acceptors (Lipinski definition) is 3. The predicted molar refractivity (Wildman–Crippen MR) is 79.7 cm³/mol. The van der Waals surface area contributed by atoms with Crippen LogP contribution in [0.15, 0.2) is 60.7 Å². The zero-order chi connectivity index (χ0) is 14.1. The van der Waals surface area contributed by atoms with Gasteiger partial charge in [0.05, 0.1) is 18.9 Å². The summed E-state index contributed by atoms with van der Waals surface area (Å²) in [4.78, 5) is 0. The number of rotatable bonds is 2. The first-order chi connectivity index (χ1) is 10.4. The van der Waals surface area contributed by atoms with Gasteiger partial charge in [0.25, 0.3) is 0 Å². The van der Waals surface area contributed by atoms with Crippen LogP contribution in [0.3, 0.4) is 0 Å². The zero-order valence-electron chi connectivity index (χ0n) is 11.5. The van der Waals surface area contributed by atoms with Crippen molar-refractivity contribution < 1.29 is 4.74 Å². The van der Waals surface area contributed by atoms with Crippen LogP contribution in [0, 0.1) is 0 Å². The molecule has 1 atom stereocenters. The van der Waals surface area contributed by atoms with E-state index < -0.39 is 0 Å². The molecule has 1 aliphatic rings. The van der Waals surface area contributed by atoms with Gasteiger partial charge in [0.2, 0.25) is 0 Å². The Balaban J connectivity index is 1.79. The van der Waals surface area contributed by atoms with Crippen LogP contribution in [-0.4, -0.2) is 21.6 Å². The van der Waals surface area contributed by atoms with Crippen LogP contribution >= 0.6 is 0 Å². The average Bonchev–Trinajstić information content (AvgIpc) is 3.00. The normalized spacial score (nSPS) is 17.4. The van der Waals surface area contributed by atoms with E-state index >= 15 is 0 Å². The Morgan fingerprint density at radius 2 is 1.67 bits per heavy atom. The van der Waals surface area contributed by atoms with E-state index in [9.17, 15) is 0 Å². The fourth-order valence-electron chi connectivity index (χ4n) is 2.77. The van der Waals surface area contributed by atoms with Gasteiger partial charge in [0.1, 0.15) is 11.7 Å². The molecule has 4 nitrogen and oxygen atoms in total. The highest BCUT2D eigenvalue weighted by molar-refractivity contribution is 5.61. The summed E-state index contributed by atoms with van der Waals surface area (Å²) in [5.41, 5.74) is 4.23. The molecule has 0 spiro atoms. The number of ether oxygens (including phenoxy) is 1. The van der Waals surface area contributed by atoms with Crippen molar-refractivity contribution in [3.8, 4) is 11.3 Å². The molecule has 1 aromatic heterocycles. The molecule has 2 aromatic carbocycles. The average molecular weight is 277 g/mol. The Kier molecular flexibility index (Phi) is 3.01. The summed E-state index contributed by atoms with van der Waals surface area (Å²) in [5.74, 6) is 0. The molecule has 0 amide bonds. The monoisotopic (exact) mass is 277 g/mol. The zero-order valence-corrected chi connectivity index (χ0v) is 11.5. The lowest BCUT2D eigenvalue weighted by molar-refractivity contribution is 0.0638. The van der Waals surface area contributed by atoms with Crippen molar-refractivity contribution in [2.45, 2.75) is 12.6 Å². The van der Waals surface area contributed by atoms with Crippen molar-refractivity contribution in [2.24, 2.45) is 0 Å². The maximum Gasteiger partial charge on any atom is 0.118 e. The van der Waals surface area contributed by atoms with Crippen LogP contribution in [0.5, 0.6) is 0 Å². The van der Waals surface area contributed by atoms with Crippen molar-refractivity contribution in [2.75, 3.05) is 6.61 Å². The Morgan fingerprint density at radius 3 is 2.43 bits per heavy atom. The van der Waals surface area contributed by atoms with Crippen LogP contribution in [0.1, 0.15) is 17.3 Å². The molecule has 0 radical (unpaired) electrons. The second-order valence-electron chi connectivity index (χ2n) is 5.14. The highest BCUT2D eigenvalue weighted by atomic mass is 16.5.